The third-order valence-corrected chi connectivity index (χ3v) is 4.74. The Kier molecular flexibility index (Phi) is 8.51. The Bertz CT molecular complexity index is 538. The lowest BCUT2D eigenvalue weighted by molar-refractivity contribution is -0.0551. The first-order chi connectivity index (χ1) is 12.5. The van der Waals surface area contributed by atoms with Gasteiger partial charge in [-0.2, -0.15) is 0 Å². The Balaban J connectivity index is 1.97. The first-order valence-corrected chi connectivity index (χ1v) is 9.36. The van der Waals surface area contributed by atoms with E-state index >= 15 is 0 Å². The number of carbonyl (C=O) groups is 1. The normalized spacial score (nSPS) is 19.5. The van der Waals surface area contributed by atoms with Gasteiger partial charge in [-0.1, -0.05) is 32.0 Å². The van der Waals surface area contributed by atoms with Gasteiger partial charge >= 0.3 is 0 Å². The van der Waals surface area contributed by atoms with Crippen molar-refractivity contribution < 1.29 is 19.4 Å². The number of carbonyl (C=O) groups excluding carboxylic acids is 1. The highest BCUT2D eigenvalue weighted by molar-refractivity contribution is 5.94. The maximum Gasteiger partial charge on any atom is 0.254 e. The van der Waals surface area contributed by atoms with Crippen molar-refractivity contribution in [1.82, 2.24) is 9.80 Å². The van der Waals surface area contributed by atoms with Crippen molar-refractivity contribution in [3.63, 3.8) is 0 Å². The maximum atomic E-state index is 12.8. The van der Waals surface area contributed by atoms with Crippen LogP contribution in [0.3, 0.4) is 0 Å². The number of rotatable bonds is 9. The molecule has 1 heterocycles. The van der Waals surface area contributed by atoms with Gasteiger partial charge < -0.3 is 19.5 Å². The van der Waals surface area contributed by atoms with Crippen LogP contribution in [0, 0.1) is 5.92 Å². The van der Waals surface area contributed by atoms with Gasteiger partial charge in [0, 0.05) is 45.4 Å². The summed E-state index contributed by atoms with van der Waals surface area (Å²) >= 11 is 0. The fourth-order valence-electron chi connectivity index (χ4n) is 3.02. The average Bonchev–Trinajstić information content (AvgIpc) is 2.65. The highest BCUT2D eigenvalue weighted by Gasteiger charge is 2.27. The summed E-state index contributed by atoms with van der Waals surface area (Å²) in [5, 5.41) is 10.1. The molecule has 1 amide bonds. The summed E-state index contributed by atoms with van der Waals surface area (Å²) in [4.78, 5) is 16.9. The third-order valence-electron chi connectivity index (χ3n) is 4.74. The molecule has 6 nitrogen and oxygen atoms in total. The number of amides is 1. The van der Waals surface area contributed by atoms with E-state index in [-0.39, 0.29) is 24.0 Å². The van der Waals surface area contributed by atoms with Crippen LogP contribution >= 0.6 is 0 Å². The molecule has 6 heteroatoms. The summed E-state index contributed by atoms with van der Waals surface area (Å²) in [6, 6.07) is 9.30. The number of hydrogen-bond acceptors (Lipinski definition) is 5. The predicted molar refractivity (Wildman–Crippen MR) is 101 cm³/mol. The molecule has 1 fully saturated rings. The Morgan fingerprint density at radius 1 is 1.38 bits per heavy atom. The molecule has 0 spiro atoms. The van der Waals surface area contributed by atoms with Crippen LogP contribution in [0.1, 0.15) is 24.2 Å². The molecule has 1 aromatic carbocycles. The van der Waals surface area contributed by atoms with Crippen LogP contribution < -0.4 is 0 Å². The predicted octanol–water partition coefficient (Wildman–Crippen LogP) is 1.49. The Morgan fingerprint density at radius 3 is 2.77 bits per heavy atom. The lowest BCUT2D eigenvalue weighted by Crippen LogP contribution is -2.51. The Morgan fingerprint density at radius 2 is 2.12 bits per heavy atom. The molecule has 2 atom stereocenters. The van der Waals surface area contributed by atoms with Crippen LogP contribution in [0.4, 0.5) is 0 Å². The molecule has 2 rings (SSSR count). The van der Waals surface area contributed by atoms with Crippen molar-refractivity contribution in [3.8, 4) is 0 Å². The minimum absolute atomic E-state index is 0.00871. The molecular weight excluding hydrogens is 332 g/mol. The lowest BCUT2D eigenvalue weighted by atomic mass is 10.1. The smallest absolute Gasteiger partial charge is 0.254 e. The number of methoxy groups -OCH3 is 1. The van der Waals surface area contributed by atoms with E-state index in [0.29, 0.717) is 38.4 Å². The van der Waals surface area contributed by atoms with Gasteiger partial charge in [0.2, 0.25) is 0 Å². The number of aliphatic hydroxyl groups is 1. The summed E-state index contributed by atoms with van der Waals surface area (Å²) in [5.41, 5.74) is 0.673. The molecule has 0 bridgehead atoms. The standard InChI is InChI=1S/C20H32N2O4/c1-16(2)19(23)15-21-9-12-26-18(13-21)14-22(10-11-25-3)20(24)17-7-5-4-6-8-17/h4-8,16,18-19,23H,9-15H2,1-3H3/t18-,19+/m1/s1. The molecule has 1 aromatic rings. The number of nitrogens with zero attached hydrogens (tertiary/aromatic N) is 2. The topological polar surface area (TPSA) is 62.2 Å². The highest BCUT2D eigenvalue weighted by Crippen LogP contribution is 2.12. The molecule has 26 heavy (non-hydrogen) atoms. The molecule has 0 aromatic heterocycles. The minimum atomic E-state index is -0.343. The summed E-state index contributed by atoms with van der Waals surface area (Å²) in [6.07, 6.45) is -0.406. The van der Waals surface area contributed by atoms with Crippen molar-refractivity contribution in [2.75, 3.05) is 53.0 Å². The second kappa shape index (κ2) is 10.6. The Hall–Kier alpha value is -1.47. The largest absolute Gasteiger partial charge is 0.392 e. The van der Waals surface area contributed by atoms with Gasteiger partial charge in [-0.05, 0) is 18.1 Å². The second-order valence-corrected chi connectivity index (χ2v) is 7.17. The number of morpholine rings is 1. The zero-order chi connectivity index (χ0) is 18.9. The van der Waals surface area contributed by atoms with E-state index in [9.17, 15) is 9.90 Å². The molecule has 0 saturated carbocycles. The zero-order valence-corrected chi connectivity index (χ0v) is 16.1. The van der Waals surface area contributed by atoms with Gasteiger partial charge in [-0.3, -0.25) is 9.69 Å². The van der Waals surface area contributed by atoms with Crippen molar-refractivity contribution >= 4 is 5.91 Å². The van der Waals surface area contributed by atoms with Crippen molar-refractivity contribution in [1.29, 1.82) is 0 Å². The van der Waals surface area contributed by atoms with Crippen molar-refractivity contribution in [2.45, 2.75) is 26.1 Å². The number of β-amino-alcohol motifs (C(OH)–C–C–N with tert-alkyl or cyclic N) is 1. The maximum absolute atomic E-state index is 12.8. The van der Waals surface area contributed by atoms with Crippen molar-refractivity contribution in [3.05, 3.63) is 35.9 Å². The monoisotopic (exact) mass is 364 g/mol. The molecule has 1 N–H and O–H groups in total. The number of ether oxygens (including phenoxy) is 2. The lowest BCUT2D eigenvalue weighted by Gasteiger charge is -2.37. The van der Waals surface area contributed by atoms with E-state index in [0.717, 1.165) is 13.1 Å². The van der Waals surface area contributed by atoms with Gasteiger partial charge in [0.1, 0.15) is 0 Å². The number of benzene rings is 1. The van der Waals surface area contributed by atoms with Gasteiger partial charge in [0.25, 0.3) is 5.91 Å². The first kappa shape index (κ1) is 20.8. The fraction of sp³-hybridized carbons (Fsp3) is 0.650. The molecule has 0 unspecified atom stereocenters. The van der Waals surface area contributed by atoms with Crippen molar-refractivity contribution in [2.24, 2.45) is 5.92 Å². The molecule has 0 radical (unpaired) electrons. The van der Waals surface area contributed by atoms with E-state index in [4.69, 9.17) is 9.47 Å². The van der Waals surface area contributed by atoms with E-state index in [1.54, 1.807) is 12.0 Å². The van der Waals surface area contributed by atoms with E-state index in [1.807, 2.05) is 44.2 Å². The molecule has 146 valence electrons. The molecule has 1 saturated heterocycles. The highest BCUT2D eigenvalue weighted by atomic mass is 16.5. The molecule has 1 aliphatic rings. The number of aliphatic hydroxyl groups excluding tert-OH is 1. The van der Waals surface area contributed by atoms with Crippen LogP contribution in [0.2, 0.25) is 0 Å². The molecular formula is C20H32N2O4. The SMILES string of the molecule is COCCN(C[C@H]1CN(C[C@H](O)C(C)C)CCO1)C(=O)c1ccccc1. The Labute approximate surface area is 156 Å². The van der Waals surface area contributed by atoms with E-state index in [1.165, 1.54) is 0 Å². The van der Waals surface area contributed by atoms with E-state index in [2.05, 4.69) is 4.90 Å². The second-order valence-electron chi connectivity index (χ2n) is 7.17. The summed E-state index contributed by atoms with van der Waals surface area (Å²) in [6.45, 7) is 8.36. The molecule has 1 aliphatic heterocycles. The first-order valence-electron chi connectivity index (χ1n) is 9.36. The number of hydrogen-bond donors (Lipinski definition) is 1. The van der Waals surface area contributed by atoms with Crippen LogP contribution in [0.5, 0.6) is 0 Å². The minimum Gasteiger partial charge on any atom is -0.392 e. The zero-order valence-electron chi connectivity index (χ0n) is 16.1. The molecule has 0 aliphatic carbocycles. The van der Waals surface area contributed by atoms with Gasteiger partial charge in [0.15, 0.2) is 0 Å². The van der Waals surface area contributed by atoms with Crippen LogP contribution in [-0.4, -0.2) is 86.1 Å². The van der Waals surface area contributed by atoms with Gasteiger partial charge in [-0.25, -0.2) is 0 Å². The van der Waals surface area contributed by atoms with Crippen LogP contribution in [0.15, 0.2) is 30.3 Å². The average molecular weight is 364 g/mol. The summed E-state index contributed by atoms with van der Waals surface area (Å²) < 4.78 is 11.1. The fourth-order valence-corrected chi connectivity index (χ4v) is 3.02. The summed E-state index contributed by atoms with van der Waals surface area (Å²) in [5.74, 6) is 0.222. The van der Waals surface area contributed by atoms with Crippen LogP contribution in [-0.2, 0) is 9.47 Å². The van der Waals surface area contributed by atoms with E-state index < -0.39 is 0 Å². The van der Waals surface area contributed by atoms with Gasteiger partial charge in [-0.15, -0.1) is 0 Å². The quantitative estimate of drug-likeness (QED) is 0.719. The van der Waals surface area contributed by atoms with Gasteiger partial charge in [0.05, 0.1) is 25.4 Å². The summed E-state index contributed by atoms with van der Waals surface area (Å²) in [7, 11) is 1.64. The van der Waals surface area contributed by atoms with Crippen LogP contribution in [0.25, 0.3) is 0 Å². The third kappa shape index (κ3) is 6.36.